The van der Waals surface area contributed by atoms with Gasteiger partial charge in [-0.1, -0.05) is 13.8 Å². The monoisotopic (exact) mass is 495 g/mol. The summed E-state index contributed by atoms with van der Waals surface area (Å²) in [6, 6.07) is -0.0149. The van der Waals surface area contributed by atoms with Crippen LogP contribution in [0.1, 0.15) is 55.5 Å². The van der Waals surface area contributed by atoms with Gasteiger partial charge in [0, 0.05) is 37.3 Å². The van der Waals surface area contributed by atoms with E-state index < -0.39 is 40.9 Å². The lowest BCUT2D eigenvalue weighted by molar-refractivity contribution is -0.186. The Kier molecular flexibility index (Phi) is 6.65. The van der Waals surface area contributed by atoms with Crippen LogP contribution in [0, 0.1) is 11.8 Å². The van der Waals surface area contributed by atoms with Gasteiger partial charge < -0.3 is 15.3 Å². The summed E-state index contributed by atoms with van der Waals surface area (Å²) < 4.78 is 41.1. The van der Waals surface area contributed by atoms with Gasteiger partial charge in [0.25, 0.3) is 11.5 Å². The number of alkyl halides is 3. The van der Waals surface area contributed by atoms with Crippen molar-refractivity contribution in [2.45, 2.75) is 58.3 Å². The summed E-state index contributed by atoms with van der Waals surface area (Å²) in [5.41, 5.74) is -0.500. The molecule has 2 aliphatic rings. The van der Waals surface area contributed by atoms with Crippen LogP contribution in [0.25, 0.3) is 11.7 Å². The Morgan fingerprint density at radius 2 is 1.89 bits per heavy atom. The SMILES string of the molecule is CC(C)Cn1c(=O)c(C(=O)NC2CC2)c(O)n2ncc(/C=C/C(=O)N3CCC(C(F)(F)F)CC3)c12. The van der Waals surface area contributed by atoms with E-state index in [9.17, 15) is 32.7 Å². The molecular weight excluding hydrogens is 467 g/mol. The first-order chi connectivity index (χ1) is 16.5. The van der Waals surface area contributed by atoms with Crippen molar-refractivity contribution in [2.24, 2.45) is 11.8 Å². The zero-order valence-corrected chi connectivity index (χ0v) is 19.5. The largest absolute Gasteiger partial charge is 0.492 e. The van der Waals surface area contributed by atoms with Gasteiger partial charge in [-0.3, -0.25) is 19.0 Å². The maximum Gasteiger partial charge on any atom is 0.391 e. The molecule has 0 aromatic carbocycles. The summed E-state index contributed by atoms with van der Waals surface area (Å²) in [6.45, 7) is 4.01. The fourth-order valence-electron chi connectivity index (χ4n) is 4.24. The predicted molar refractivity (Wildman–Crippen MR) is 121 cm³/mol. The molecule has 0 radical (unpaired) electrons. The number of likely N-dealkylation sites (tertiary alicyclic amines) is 1. The topological polar surface area (TPSA) is 109 Å². The van der Waals surface area contributed by atoms with E-state index in [4.69, 9.17) is 0 Å². The summed E-state index contributed by atoms with van der Waals surface area (Å²) in [5, 5.41) is 17.5. The number of halogens is 3. The standard InChI is InChI=1S/C23H28F3N5O4/c1-13(2)12-30-20-14(3-6-17(32)29-9-7-15(8-10-29)23(24,25)26)11-27-31(20)22(35)18(21(30)34)19(33)28-16-4-5-16/h3,6,11,13,15-16,35H,4-5,7-10,12H2,1-2H3,(H,28,33)/b6-3+. The van der Waals surface area contributed by atoms with Gasteiger partial charge in [0.05, 0.1) is 12.1 Å². The predicted octanol–water partition coefficient (Wildman–Crippen LogP) is 2.56. The zero-order chi connectivity index (χ0) is 25.5. The summed E-state index contributed by atoms with van der Waals surface area (Å²) in [6.07, 6.45) is 1.06. The molecule has 2 aromatic heterocycles. The third-order valence-corrected chi connectivity index (χ3v) is 6.27. The van der Waals surface area contributed by atoms with Gasteiger partial charge in [0.15, 0.2) is 5.56 Å². The van der Waals surface area contributed by atoms with Crippen LogP contribution in [-0.2, 0) is 11.3 Å². The lowest BCUT2D eigenvalue weighted by Crippen LogP contribution is -2.41. The molecule has 1 aliphatic carbocycles. The Morgan fingerprint density at radius 1 is 1.23 bits per heavy atom. The van der Waals surface area contributed by atoms with Crippen LogP contribution < -0.4 is 10.9 Å². The number of amides is 2. The summed E-state index contributed by atoms with van der Waals surface area (Å²) in [4.78, 5) is 39.8. The van der Waals surface area contributed by atoms with E-state index in [0.29, 0.717) is 5.56 Å². The van der Waals surface area contributed by atoms with Crippen molar-refractivity contribution in [3.8, 4) is 5.88 Å². The lowest BCUT2D eigenvalue weighted by atomic mass is 9.96. The summed E-state index contributed by atoms with van der Waals surface area (Å²) in [5.74, 6) is -3.10. The molecule has 9 nitrogen and oxygen atoms in total. The minimum Gasteiger partial charge on any atom is -0.492 e. The molecule has 35 heavy (non-hydrogen) atoms. The second-order valence-corrected chi connectivity index (χ2v) is 9.57. The molecular formula is C23H28F3N5O4. The van der Waals surface area contributed by atoms with E-state index in [0.717, 1.165) is 17.4 Å². The van der Waals surface area contributed by atoms with Crippen molar-refractivity contribution in [3.05, 3.63) is 33.8 Å². The fraction of sp³-hybridized carbons (Fsp3) is 0.565. The highest BCUT2D eigenvalue weighted by atomic mass is 19.4. The minimum absolute atomic E-state index is 0.000418. The first-order valence-corrected chi connectivity index (χ1v) is 11.7. The summed E-state index contributed by atoms with van der Waals surface area (Å²) >= 11 is 0. The molecule has 0 atom stereocenters. The van der Waals surface area contributed by atoms with Gasteiger partial charge in [-0.25, -0.2) is 0 Å². The van der Waals surface area contributed by atoms with Crippen LogP contribution in [0.2, 0.25) is 0 Å². The number of rotatable bonds is 6. The molecule has 0 unspecified atom stereocenters. The average Bonchev–Trinajstić information content (AvgIpc) is 3.49. The highest BCUT2D eigenvalue weighted by Gasteiger charge is 2.41. The molecule has 3 heterocycles. The molecule has 0 spiro atoms. The van der Waals surface area contributed by atoms with Crippen molar-refractivity contribution >= 4 is 23.5 Å². The highest BCUT2D eigenvalue weighted by molar-refractivity contribution is 5.97. The zero-order valence-electron chi connectivity index (χ0n) is 19.5. The van der Waals surface area contributed by atoms with Crippen LogP contribution >= 0.6 is 0 Å². The number of hydrogen-bond acceptors (Lipinski definition) is 5. The van der Waals surface area contributed by atoms with Crippen LogP contribution in [0.3, 0.4) is 0 Å². The number of nitrogens with one attached hydrogen (secondary N) is 1. The molecule has 1 aliphatic heterocycles. The van der Waals surface area contributed by atoms with Gasteiger partial charge in [0.1, 0.15) is 5.65 Å². The third-order valence-electron chi connectivity index (χ3n) is 6.27. The van der Waals surface area contributed by atoms with Crippen LogP contribution in [-0.4, -0.2) is 61.3 Å². The van der Waals surface area contributed by atoms with Crippen LogP contribution in [0.4, 0.5) is 13.2 Å². The Morgan fingerprint density at radius 3 is 2.46 bits per heavy atom. The van der Waals surface area contributed by atoms with E-state index in [2.05, 4.69) is 10.4 Å². The van der Waals surface area contributed by atoms with Gasteiger partial charge in [-0.2, -0.15) is 22.8 Å². The molecule has 190 valence electrons. The second kappa shape index (κ2) is 9.38. The van der Waals surface area contributed by atoms with Crippen LogP contribution in [0.5, 0.6) is 5.88 Å². The fourth-order valence-corrected chi connectivity index (χ4v) is 4.24. The quantitative estimate of drug-likeness (QED) is 0.599. The third kappa shape index (κ3) is 5.20. The van der Waals surface area contributed by atoms with Crippen molar-refractivity contribution in [1.82, 2.24) is 24.4 Å². The molecule has 2 amide bonds. The Bertz CT molecular complexity index is 1220. The van der Waals surface area contributed by atoms with E-state index in [1.165, 1.54) is 27.8 Å². The number of carbonyl (C=O) groups excluding carboxylic acids is 2. The molecule has 2 N–H and O–H groups in total. The van der Waals surface area contributed by atoms with Gasteiger partial charge >= 0.3 is 6.18 Å². The number of carbonyl (C=O) groups is 2. The van der Waals surface area contributed by atoms with E-state index in [1.807, 2.05) is 13.8 Å². The van der Waals surface area contributed by atoms with Gasteiger partial charge in [0.2, 0.25) is 11.8 Å². The van der Waals surface area contributed by atoms with Crippen LogP contribution in [0.15, 0.2) is 17.1 Å². The molecule has 2 aromatic rings. The van der Waals surface area contributed by atoms with Crippen molar-refractivity contribution in [2.75, 3.05) is 13.1 Å². The number of fused-ring (bicyclic) bond motifs is 1. The van der Waals surface area contributed by atoms with Gasteiger partial charge in [-0.15, -0.1) is 0 Å². The lowest BCUT2D eigenvalue weighted by Gasteiger charge is -2.32. The normalized spacial score (nSPS) is 17.6. The number of nitrogens with zero attached hydrogens (tertiary/aromatic N) is 4. The first-order valence-electron chi connectivity index (χ1n) is 11.7. The maximum absolute atomic E-state index is 13.2. The maximum atomic E-state index is 13.2. The number of hydrogen-bond donors (Lipinski definition) is 2. The van der Waals surface area contributed by atoms with Crippen molar-refractivity contribution in [3.63, 3.8) is 0 Å². The number of piperidine rings is 1. The molecule has 12 heteroatoms. The van der Waals surface area contributed by atoms with E-state index >= 15 is 0 Å². The smallest absolute Gasteiger partial charge is 0.391 e. The minimum atomic E-state index is -4.27. The number of aromatic nitrogens is 3. The van der Waals surface area contributed by atoms with Gasteiger partial charge in [-0.05, 0) is 37.7 Å². The average molecular weight is 496 g/mol. The highest BCUT2D eigenvalue weighted by Crippen LogP contribution is 2.34. The summed E-state index contributed by atoms with van der Waals surface area (Å²) in [7, 11) is 0. The second-order valence-electron chi connectivity index (χ2n) is 9.57. The molecule has 1 saturated heterocycles. The van der Waals surface area contributed by atoms with E-state index in [-0.39, 0.29) is 50.1 Å². The Balaban J connectivity index is 1.63. The molecule has 2 fully saturated rings. The van der Waals surface area contributed by atoms with Crippen molar-refractivity contribution < 1.29 is 27.9 Å². The Hall–Kier alpha value is -3.31. The Labute approximate surface area is 199 Å². The molecule has 4 rings (SSSR count). The molecule has 1 saturated carbocycles. The molecule has 0 bridgehead atoms. The first kappa shape index (κ1) is 24.8. The number of aromatic hydroxyl groups is 1. The van der Waals surface area contributed by atoms with Crippen molar-refractivity contribution in [1.29, 1.82) is 0 Å². The van der Waals surface area contributed by atoms with E-state index in [1.54, 1.807) is 0 Å².